The maximum atomic E-state index is 12.7. The van der Waals surface area contributed by atoms with Crippen molar-refractivity contribution in [2.24, 2.45) is 0 Å². The van der Waals surface area contributed by atoms with Crippen molar-refractivity contribution in [1.29, 1.82) is 0 Å². The van der Waals surface area contributed by atoms with Crippen LogP contribution >= 0.6 is 0 Å². The molecular formula is C17H26IN3O4S. The monoisotopic (exact) mass is 495 g/mol. The van der Waals surface area contributed by atoms with Crippen LogP contribution in [0.3, 0.4) is 0 Å². The number of halogens is 1. The third-order valence-electron chi connectivity index (χ3n) is 4.01. The minimum absolute atomic E-state index is 0. The van der Waals surface area contributed by atoms with Gasteiger partial charge in [0, 0.05) is 25.6 Å². The van der Waals surface area contributed by atoms with Crippen LogP contribution in [-0.4, -0.2) is 71.5 Å². The molecule has 0 spiro atoms. The van der Waals surface area contributed by atoms with Crippen LogP contribution in [0.2, 0.25) is 0 Å². The van der Waals surface area contributed by atoms with Crippen molar-refractivity contribution in [3.63, 3.8) is 0 Å². The van der Waals surface area contributed by atoms with Crippen LogP contribution in [0.15, 0.2) is 34.9 Å². The van der Waals surface area contributed by atoms with E-state index >= 15 is 0 Å². The van der Waals surface area contributed by atoms with Gasteiger partial charge in [0.15, 0.2) is 11.5 Å². The van der Waals surface area contributed by atoms with Gasteiger partial charge < -0.3 is 38.5 Å². The van der Waals surface area contributed by atoms with Crippen LogP contribution < -0.4 is 29.3 Å². The van der Waals surface area contributed by atoms with E-state index in [1.165, 1.54) is 20.2 Å². The zero-order chi connectivity index (χ0) is 18.8. The Kier molecular flexibility index (Phi) is 7.49. The smallest absolute Gasteiger partial charge is 0.272 e. The van der Waals surface area contributed by atoms with Gasteiger partial charge in [0.1, 0.15) is 0 Å². The zero-order valence-corrected chi connectivity index (χ0v) is 18.7. The van der Waals surface area contributed by atoms with E-state index in [-0.39, 0.29) is 40.3 Å². The number of rotatable bonds is 6. The number of ether oxygens (including phenoxy) is 1. The van der Waals surface area contributed by atoms with Crippen molar-refractivity contribution in [2.45, 2.75) is 11.3 Å². The first-order chi connectivity index (χ1) is 11.6. The van der Waals surface area contributed by atoms with E-state index in [2.05, 4.69) is 26.5 Å². The Morgan fingerprint density at radius 3 is 2.42 bits per heavy atom. The fourth-order valence-electron chi connectivity index (χ4n) is 2.71. The molecule has 1 aromatic rings. The van der Waals surface area contributed by atoms with E-state index in [0.717, 1.165) is 21.8 Å². The molecule has 1 amide bonds. The highest BCUT2D eigenvalue weighted by Gasteiger charge is 2.38. The first-order valence-corrected chi connectivity index (χ1v) is 9.49. The molecule has 9 heteroatoms. The molecule has 7 nitrogen and oxygen atoms in total. The van der Waals surface area contributed by atoms with Crippen LogP contribution in [0.1, 0.15) is 12.0 Å². The molecule has 0 atom stereocenters. The molecule has 0 aromatic heterocycles. The summed E-state index contributed by atoms with van der Waals surface area (Å²) in [5, 5.41) is 2.80. The highest BCUT2D eigenvalue weighted by molar-refractivity contribution is 7.89. The van der Waals surface area contributed by atoms with Gasteiger partial charge >= 0.3 is 0 Å². The van der Waals surface area contributed by atoms with E-state index in [9.17, 15) is 13.2 Å². The van der Waals surface area contributed by atoms with Gasteiger partial charge in [-0.15, -0.1) is 0 Å². The lowest BCUT2D eigenvalue weighted by Gasteiger charge is -2.30. The van der Waals surface area contributed by atoms with Crippen LogP contribution in [0.4, 0.5) is 0 Å². The van der Waals surface area contributed by atoms with Gasteiger partial charge in [0.25, 0.3) is 15.9 Å². The number of fused-ring (bicyclic) bond motifs is 1. The number of benzene rings is 1. The lowest BCUT2D eigenvalue weighted by Crippen LogP contribution is -3.00. The number of carbonyl (C=O) groups is 1. The normalized spacial score (nSPS) is 15.8. The fraction of sp³-hybridized carbons (Fsp3) is 0.471. The molecule has 0 aliphatic carbocycles. The standard InChI is InChI=1S/C17H25N3O4S.HI/c1-19-15(17(21)18-11-8-12-20(2,3)4)16(24-5)13-9-6-7-10-14(13)25(19,22)23;/h6-7,9-10H,8,11-12H2,1-5H3;1H. The molecule has 0 saturated carbocycles. The van der Waals surface area contributed by atoms with E-state index in [1.54, 1.807) is 18.2 Å². The van der Waals surface area contributed by atoms with Crippen molar-refractivity contribution in [2.75, 3.05) is 48.4 Å². The number of nitrogens with one attached hydrogen (secondary N) is 1. The van der Waals surface area contributed by atoms with Gasteiger partial charge in [-0.05, 0) is 12.1 Å². The quantitative estimate of drug-likeness (QED) is 0.278. The molecule has 0 fully saturated rings. The minimum atomic E-state index is -3.78. The molecule has 1 heterocycles. The molecule has 0 bridgehead atoms. The number of likely N-dealkylation sites (N-methyl/N-ethyl adjacent to an activating group) is 1. The number of quaternary nitrogens is 1. The Bertz CT molecular complexity index is 800. The average molecular weight is 495 g/mol. The van der Waals surface area contributed by atoms with E-state index in [4.69, 9.17) is 4.74 Å². The molecule has 0 unspecified atom stereocenters. The molecular weight excluding hydrogens is 469 g/mol. The van der Waals surface area contributed by atoms with E-state index in [1.807, 2.05) is 0 Å². The number of sulfonamides is 1. The second-order valence-electron chi connectivity index (χ2n) is 6.97. The molecule has 1 aliphatic heterocycles. The highest BCUT2D eigenvalue weighted by atomic mass is 127. The summed E-state index contributed by atoms with van der Waals surface area (Å²) in [7, 11) is 5.24. The van der Waals surface area contributed by atoms with Gasteiger partial charge in [-0.3, -0.25) is 9.10 Å². The predicted molar refractivity (Wildman–Crippen MR) is 95.8 cm³/mol. The Balaban J connectivity index is 0.00000338. The van der Waals surface area contributed by atoms with Crippen LogP contribution in [0, 0.1) is 0 Å². The minimum Gasteiger partial charge on any atom is -1.00 e. The molecule has 1 N–H and O–H groups in total. The molecule has 26 heavy (non-hydrogen) atoms. The molecule has 146 valence electrons. The maximum Gasteiger partial charge on any atom is 0.272 e. The SMILES string of the molecule is COC1=C(C(=O)NCCC[N+](C)(C)C)N(C)S(=O)(=O)c2ccccc21.[I-]. The molecule has 0 saturated heterocycles. The second kappa shape index (κ2) is 8.57. The average Bonchev–Trinajstić information content (AvgIpc) is 2.54. The van der Waals surface area contributed by atoms with Crippen LogP contribution in [0.25, 0.3) is 5.76 Å². The first-order valence-electron chi connectivity index (χ1n) is 8.05. The molecule has 1 aliphatic rings. The number of hydrogen-bond acceptors (Lipinski definition) is 4. The summed E-state index contributed by atoms with van der Waals surface area (Å²) in [5.74, 6) is -0.198. The first kappa shape index (κ1) is 22.7. The summed E-state index contributed by atoms with van der Waals surface area (Å²) in [4.78, 5) is 12.8. The van der Waals surface area contributed by atoms with Gasteiger partial charge in [-0.2, -0.15) is 0 Å². The Morgan fingerprint density at radius 2 is 1.85 bits per heavy atom. The zero-order valence-electron chi connectivity index (χ0n) is 15.7. The third-order valence-corrected chi connectivity index (χ3v) is 5.83. The number of methoxy groups -OCH3 is 1. The molecule has 0 radical (unpaired) electrons. The Hall–Kier alpha value is -1.33. The van der Waals surface area contributed by atoms with Crippen molar-refractivity contribution >= 4 is 21.7 Å². The van der Waals surface area contributed by atoms with Crippen molar-refractivity contribution in [3.05, 3.63) is 35.5 Å². The van der Waals surface area contributed by atoms with Crippen LogP contribution in [-0.2, 0) is 19.6 Å². The van der Waals surface area contributed by atoms with Gasteiger partial charge in [0.05, 0.1) is 39.7 Å². The summed E-state index contributed by atoms with van der Waals surface area (Å²) in [6.45, 7) is 1.36. The van der Waals surface area contributed by atoms with Crippen molar-refractivity contribution in [3.8, 4) is 0 Å². The third kappa shape index (κ3) is 4.68. The number of nitrogens with zero attached hydrogens (tertiary/aromatic N) is 2. The van der Waals surface area contributed by atoms with Gasteiger partial charge in [-0.1, -0.05) is 12.1 Å². The largest absolute Gasteiger partial charge is 1.00 e. The number of carbonyl (C=O) groups excluding carboxylic acids is 1. The van der Waals surface area contributed by atoms with Gasteiger partial charge in [0.2, 0.25) is 0 Å². The number of hydrogen-bond donors (Lipinski definition) is 1. The fourth-order valence-corrected chi connectivity index (χ4v) is 4.10. The summed E-state index contributed by atoms with van der Waals surface area (Å²) < 4.78 is 32.6. The summed E-state index contributed by atoms with van der Waals surface area (Å²) in [5.41, 5.74) is 0.408. The summed E-state index contributed by atoms with van der Waals surface area (Å²) in [6, 6.07) is 6.52. The maximum absolute atomic E-state index is 12.7. The van der Waals surface area contributed by atoms with Crippen molar-refractivity contribution < 1.29 is 46.4 Å². The summed E-state index contributed by atoms with van der Waals surface area (Å²) in [6.07, 6.45) is 0.790. The van der Waals surface area contributed by atoms with E-state index in [0.29, 0.717) is 12.1 Å². The lowest BCUT2D eigenvalue weighted by atomic mass is 10.1. The topological polar surface area (TPSA) is 75.7 Å². The van der Waals surface area contributed by atoms with Gasteiger partial charge in [-0.25, -0.2) is 8.42 Å². The highest BCUT2D eigenvalue weighted by Crippen LogP contribution is 2.35. The van der Waals surface area contributed by atoms with E-state index < -0.39 is 15.9 Å². The predicted octanol–water partition coefficient (Wildman–Crippen LogP) is -2.15. The molecule has 1 aromatic carbocycles. The Labute approximate surface area is 172 Å². The molecule has 2 rings (SSSR count). The second-order valence-corrected chi connectivity index (χ2v) is 8.91. The van der Waals surface area contributed by atoms with Crippen LogP contribution in [0.5, 0.6) is 0 Å². The Morgan fingerprint density at radius 1 is 1.23 bits per heavy atom. The number of amides is 1. The van der Waals surface area contributed by atoms with Crippen molar-refractivity contribution in [1.82, 2.24) is 9.62 Å². The summed E-state index contributed by atoms with van der Waals surface area (Å²) >= 11 is 0. The lowest BCUT2D eigenvalue weighted by molar-refractivity contribution is -0.870.